The summed E-state index contributed by atoms with van der Waals surface area (Å²) in [5.41, 5.74) is 1.57. The van der Waals surface area contributed by atoms with Crippen LogP contribution in [0.1, 0.15) is 30.9 Å². The molecular formula is C24H26ClN3O2. The van der Waals surface area contributed by atoms with Gasteiger partial charge in [-0.15, -0.1) is 0 Å². The number of hydrogen-bond acceptors (Lipinski definition) is 4. The smallest absolute Gasteiger partial charge is 0.265 e. The second kappa shape index (κ2) is 8.62. The second-order valence-electron chi connectivity index (χ2n) is 7.73. The van der Waals surface area contributed by atoms with Gasteiger partial charge in [0.15, 0.2) is 0 Å². The van der Waals surface area contributed by atoms with Crippen LogP contribution in [0.4, 0.5) is 0 Å². The molecule has 1 atom stereocenters. The molecule has 1 aliphatic rings. The van der Waals surface area contributed by atoms with Gasteiger partial charge in [-0.3, -0.25) is 14.7 Å². The zero-order valence-electron chi connectivity index (χ0n) is 17.3. The Morgan fingerprint density at radius 3 is 2.73 bits per heavy atom. The van der Waals surface area contributed by atoms with Crippen molar-refractivity contribution in [1.29, 1.82) is 0 Å². The zero-order chi connectivity index (χ0) is 21.3. The van der Waals surface area contributed by atoms with Crippen molar-refractivity contribution in [3.63, 3.8) is 0 Å². The van der Waals surface area contributed by atoms with E-state index in [1.807, 2.05) is 25.1 Å². The van der Waals surface area contributed by atoms with Crippen molar-refractivity contribution in [2.24, 2.45) is 4.99 Å². The second-order valence-corrected chi connectivity index (χ2v) is 8.13. The summed E-state index contributed by atoms with van der Waals surface area (Å²) in [6.07, 6.45) is 4.04. The number of fused-ring (bicyclic) bond motifs is 1. The molecule has 1 unspecified atom stereocenters. The molecule has 156 valence electrons. The van der Waals surface area contributed by atoms with Gasteiger partial charge in [-0.2, -0.15) is 0 Å². The standard InChI is InChI=1S/C24H26ClN3O2/c1-3-27-13-7-8-17(27)14-26-15-20-18-9-4-5-10-19(18)23(29)28(24(20)30)22-12-6-11-21(25)16(22)2/h4-6,9-12,15,17,30H,3,7-8,13-14H2,1-2H3. The van der Waals surface area contributed by atoms with Crippen LogP contribution in [-0.2, 0) is 0 Å². The summed E-state index contributed by atoms with van der Waals surface area (Å²) in [6.45, 7) is 6.82. The van der Waals surface area contributed by atoms with E-state index in [-0.39, 0.29) is 11.4 Å². The van der Waals surface area contributed by atoms with E-state index in [0.29, 0.717) is 39.6 Å². The maximum absolute atomic E-state index is 13.2. The Kier molecular flexibility index (Phi) is 5.93. The third-order valence-electron chi connectivity index (χ3n) is 6.03. The largest absolute Gasteiger partial charge is 0.494 e. The van der Waals surface area contributed by atoms with Gasteiger partial charge in [0.05, 0.1) is 17.8 Å². The van der Waals surface area contributed by atoms with Crippen molar-refractivity contribution in [2.75, 3.05) is 19.6 Å². The van der Waals surface area contributed by atoms with Crippen LogP contribution in [-0.4, -0.2) is 46.5 Å². The minimum atomic E-state index is -0.279. The average molecular weight is 424 g/mol. The summed E-state index contributed by atoms with van der Waals surface area (Å²) < 4.78 is 1.33. The van der Waals surface area contributed by atoms with Crippen molar-refractivity contribution < 1.29 is 5.11 Å². The van der Waals surface area contributed by atoms with Crippen LogP contribution in [0.2, 0.25) is 5.02 Å². The van der Waals surface area contributed by atoms with Crippen LogP contribution in [0.3, 0.4) is 0 Å². The first-order chi connectivity index (χ1) is 14.5. The van der Waals surface area contributed by atoms with E-state index in [1.54, 1.807) is 30.5 Å². The summed E-state index contributed by atoms with van der Waals surface area (Å²) in [4.78, 5) is 20.3. The lowest BCUT2D eigenvalue weighted by Crippen LogP contribution is -2.31. The fourth-order valence-electron chi connectivity index (χ4n) is 4.34. The Balaban J connectivity index is 1.84. The number of aromatic nitrogens is 1. The summed E-state index contributed by atoms with van der Waals surface area (Å²) in [6, 6.07) is 13.1. The predicted octanol–water partition coefficient (Wildman–Crippen LogP) is 4.56. The predicted molar refractivity (Wildman–Crippen MR) is 124 cm³/mol. The molecule has 1 N–H and O–H groups in total. The molecule has 1 fully saturated rings. The molecule has 3 aromatic rings. The number of aliphatic imine (C=N–C) groups is 1. The van der Waals surface area contributed by atoms with Gasteiger partial charge in [-0.05, 0) is 56.6 Å². The first-order valence-electron chi connectivity index (χ1n) is 10.4. The number of aromatic hydroxyl groups is 1. The van der Waals surface area contributed by atoms with E-state index in [4.69, 9.17) is 11.6 Å². The van der Waals surface area contributed by atoms with Gasteiger partial charge in [-0.25, -0.2) is 4.57 Å². The summed E-state index contributed by atoms with van der Waals surface area (Å²) in [5.74, 6) is -0.119. The highest BCUT2D eigenvalue weighted by Crippen LogP contribution is 2.29. The minimum absolute atomic E-state index is 0.119. The lowest BCUT2D eigenvalue weighted by molar-refractivity contribution is 0.273. The molecule has 0 radical (unpaired) electrons. The van der Waals surface area contributed by atoms with Gasteiger partial charge in [0.2, 0.25) is 5.88 Å². The third kappa shape index (κ3) is 3.64. The van der Waals surface area contributed by atoms with Crippen molar-refractivity contribution in [3.05, 3.63) is 69.0 Å². The van der Waals surface area contributed by atoms with E-state index in [9.17, 15) is 9.90 Å². The van der Waals surface area contributed by atoms with E-state index in [0.717, 1.165) is 25.1 Å². The van der Waals surface area contributed by atoms with E-state index < -0.39 is 0 Å². The molecule has 5 nitrogen and oxygen atoms in total. The van der Waals surface area contributed by atoms with E-state index in [1.165, 1.54) is 11.0 Å². The summed E-state index contributed by atoms with van der Waals surface area (Å²) in [5, 5.41) is 12.9. The Bertz CT molecular complexity index is 1170. The lowest BCUT2D eigenvalue weighted by atomic mass is 10.1. The molecule has 0 amide bonds. The summed E-state index contributed by atoms with van der Waals surface area (Å²) >= 11 is 6.28. The number of nitrogens with zero attached hydrogens (tertiary/aromatic N) is 3. The number of pyridine rings is 1. The Hall–Kier alpha value is -2.63. The molecule has 4 rings (SSSR count). The quantitative estimate of drug-likeness (QED) is 0.612. The van der Waals surface area contributed by atoms with Crippen LogP contribution in [0.5, 0.6) is 5.88 Å². The number of hydrogen-bond donors (Lipinski definition) is 1. The van der Waals surface area contributed by atoms with Crippen molar-refractivity contribution >= 4 is 28.6 Å². The average Bonchev–Trinajstić information content (AvgIpc) is 3.21. The molecule has 0 bridgehead atoms. The zero-order valence-corrected chi connectivity index (χ0v) is 18.1. The Morgan fingerprint density at radius 2 is 1.97 bits per heavy atom. The van der Waals surface area contributed by atoms with Gasteiger partial charge < -0.3 is 5.11 Å². The molecule has 2 heterocycles. The molecule has 0 aliphatic carbocycles. The normalized spacial score (nSPS) is 17.4. The lowest BCUT2D eigenvalue weighted by Gasteiger charge is -2.20. The van der Waals surface area contributed by atoms with Gasteiger partial charge >= 0.3 is 0 Å². The maximum Gasteiger partial charge on any atom is 0.265 e. The fourth-order valence-corrected chi connectivity index (χ4v) is 4.50. The number of likely N-dealkylation sites (N-methyl/N-ethyl adjacent to an activating group) is 1. The van der Waals surface area contributed by atoms with Crippen molar-refractivity contribution in [2.45, 2.75) is 32.7 Å². The van der Waals surface area contributed by atoms with Crippen LogP contribution >= 0.6 is 11.6 Å². The third-order valence-corrected chi connectivity index (χ3v) is 6.43. The first-order valence-corrected chi connectivity index (χ1v) is 10.8. The molecule has 1 aromatic heterocycles. The highest BCUT2D eigenvalue weighted by molar-refractivity contribution is 6.31. The number of likely N-dealkylation sites (tertiary alicyclic amines) is 1. The van der Waals surface area contributed by atoms with E-state index in [2.05, 4.69) is 16.8 Å². The monoisotopic (exact) mass is 423 g/mol. The minimum Gasteiger partial charge on any atom is -0.494 e. The van der Waals surface area contributed by atoms with E-state index >= 15 is 0 Å². The van der Waals surface area contributed by atoms with Gasteiger partial charge in [-0.1, -0.05) is 42.8 Å². The first kappa shape index (κ1) is 20.6. The maximum atomic E-state index is 13.2. The number of halogens is 1. The number of benzene rings is 2. The molecule has 0 saturated carbocycles. The molecule has 2 aromatic carbocycles. The number of rotatable bonds is 5. The van der Waals surface area contributed by atoms with Crippen LogP contribution in [0.15, 0.2) is 52.3 Å². The molecule has 30 heavy (non-hydrogen) atoms. The highest BCUT2D eigenvalue weighted by Gasteiger charge is 2.22. The van der Waals surface area contributed by atoms with Crippen molar-refractivity contribution in [3.8, 4) is 11.6 Å². The fraction of sp³-hybridized carbons (Fsp3) is 0.333. The van der Waals surface area contributed by atoms with Crippen LogP contribution < -0.4 is 5.56 Å². The Morgan fingerprint density at radius 1 is 1.20 bits per heavy atom. The van der Waals surface area contributed by atoms with Crippen LogP contribution in [0, 0.1) is 6.92 Å². The van der Waals surface area contributed by atoms with Gasteiger partial charge in [0.1, 0.15) is 0 Å². The van der Waals surface area contributed by atoms with Crippen LogP contribution in [0.25, 0.3) is 16.5 Å². The van der Waals surface area contributed by atoms with Crippen molar-refractivity contribution in [1.82, 2.24) is 9.47 Å². The SMILES string of the molecule is CCN1CCCC1CN=Cc1c(O)n(-c2cccc(Cl)c2C)c(=O)c2ccccc12. The highest BCUT2D eigenvalue weighted by atomic mass is 35.5. The molecule has 1 saturated heterocycles. The molecule has 0 spiro atoms. The summed E-state index contributed by atoms with van der Waals surface area (Å²) in [7, 11) is 0. The topological polar surface area (TPSA) is 57.8 Å². The molecule has 6 heteroatoms. The Labute approximate surface area is 181 Å². The van der Waals surface area contributed by atoms with Gasteiger partial charge in [0, 0.05) is 28.1 Å². The van der Waals surface area contributed by atoms with Gasteiger partial charge in [0.25, 0.3) is 5.56 Å². The molecular weight excluding hydrogens is 398 g/mol. The molecule has 1 aliphatic heterocycles.